The predicted octanol–water partition coefficient (Wildman–Crippen LogP) is 7.12. The summed E-state index contributed by atoms with van der Waals surface area (Å²) in [6.45, 7) is 0. The van der Waals surface area contributed by atoms with E-state index in [4.69, 9.17) is 5.73 Å². The summed E-state index contributed by atoms with van der Waals surface area (Å²) in [6.07, 6.45) is 0. The molecule has 5 aromatic rings. The van der Waals surface area contributed by atoms with Gasteiger partial charge in [0, 0.05) is 24.4 Å². The number of hydrogen-bond acceptors (Lipinski definition) is 1. The summed E-state index contributed by atoms with van der Waals surface area (Å²) in [7, 11) is 0. The molecule has 0 saturated carbocycles. The summed E-state index contributed by atoms with van der Waals surface area (Å²) < 4.78 is 2.99. The van der Waals surface area contributed by atoms with E-state index in [2.05, 4.69) is 72.1 Å². The van der Waals surface area contributed by atoms with Crippen LogP contribution in [-0.4, -0.2) is 5.91 Å². The van der Waals surface area contributed by atoms with Crippen molar-refractivity contribution in [3.8, 4) is 0 Å². The van der Waals surface area contributed by atoms with E-state index in [1.807, 2.05) is 24.3 Å². The van der Waals surface area contributed by atoms with Crippen molar-refractivity contribution < 1.29 is 4.79 Å². The number of carbonyl (C=O) groups is 1. The summed E-state index contributed by atoms with van der Waals surface area (Å²) in [5.41, 5.74) is 6.17. The number of carbonyl (C=O) groups excluding carboxylic acids is 1. The van der Waals surface area contributed by atoms with Gasteiger partial charge in [0.1, 0.15) is 0 Å². The second-order valence-electron chi connectivity index (χ2n) is 6.30. The lowest BCUT2D eigenvalue weighted by molar-refractivity contribution is 0.100. The summed E-state index contributed by atoms with van der Waals surface area (Å²) in [5.74, 6) is -0.409. The first-order chi connectivity index (χ1) is 12.5. The molecular formula is C21H10Br3NO. The molecule has 0 bridgehead atoms. The predicted molar refractivity (Wildman–Crippen MR) is 119 cm³/mol. The topological polar surface area (TPSA) is 43.1 Å². The molecule has 0 spiro atoms. The molecule has 5 aromatic carbocycles. The maximum atomic E-state index is 11.9. The lowest BCUT2D eigenvalue weighted by Crippen LogP contribution is -2.11. The van der Waals surface area contributed by atoms with Crippen LogP contribution < -0.4 is 5.73 Å². The first-order valence-corrected chi connectivity index (χ1v) is 10.3. The van der Waals surface area contributed by atoms with E-state index >= 15 is 0 Å². The van der Waals surface area contributed by atoms with Crippen LogP contribution in [0.25, 0.3) is 43.1 Å². The standard InChI is InChI=1S/C21H10Br3NO/c22-18-14-6-2-3-9-11-7-8-12(21(25)26)10-4-1-5-13(15(10)11)17(16(9)14)19(23)20(18)24/h1-8H,(H2,25,26). The third-order valence-electron chi connectivity index (χ3n) is 5.02. The van der Waals surface area contributed by atoms with Crippen molar-refractivity contribution in [1.82, 2.24) is 0 Å². The maximum Gasteiger partial charge on any atom is 0.249 e. The van der Waals surface area contributed by atoms with Gasteiger partial charge in [-0.25, -0.2) is 0 Å². The Morgan fingerprint density at radius 2 is 1.23 bits per heavy atom. The highest BCUT2D eigenvalue weighted by Gasteiger charge is 2.20. The van der Waals surface area contributed by atoms with Crippen molar-refractivity contribution >= 4 is 96.8 Å². The molecule has 0 atom stereocenters. The van der Waals surface area contributed by atoms with E-state index in [0.717, 1.165) is 51.1 Å². The SMILES string of the molecule is NC(=O)c1ccc2c3cccc4c(Br)c(Br)c(Br)c(c5cccc1c25)c43. The van der Waals surface area contributed by atoms with Gasteiger partial charge in [0.25, 0.3) is 0 Å². The molecule has 0 aliphatic rings. The molecule has 0 unspecified atom stereocenters. The Hall–Kier alpha value is -1.69. The fraction of sp³-hybridized carbons (Fsp3) is 0. The van der Waals surface area contributed by atoms with E-state index < -0.39 is 5.91 Å². The highest BCUT2D eigenvalue weighted by atomic mass is 79.9. The van der Waals surface area contributed by atoms with Crippen LogP contribution in [0, 0.1) is 0 Å². The third-order valence-corrected chi connectivity index (χ3v) is 8.50. The number of nitrogens with two attached hydrogens (primary N) is 1. The van der Waals surface area contributed by atoms with Crippen molar-refractivity contribution in [3.05, 3.63) is 67.5 Å². The quantitative estimate of drug-likeness (QED) is 0.140. The minimum absolute atomic E-state index is 0.409. The Kier molecular flexibility index (Phi) is 3.58. The molecule has 5 heteroatoms. The monoisotopic (exact) mass is 529 g/mol. The van der Waals surface area contributed by atoms with Crippen LogP contribution in [0.2, 0.25) is 0 Å². The first-order valence-electron chi connectivity index (χ1n) is 7.96. The lowest BCUT2D eigenvalue weighted by Gasteiger charge is -2.18. The van der Waals surface area contributed by atoms with Crippen LogP contribution in [0.4, 0.5) is 0 Å². The highest BCUT2D eigenvalue weighted by Crippen LogP contribution is 2.48. The number of benzene rings is 5. The molecule has 2 nitrogen and oxygen atoms in total. The average molecular weight is 532 g/mol. The van der Waals surface area contributed by atoms with Gasteiger partial charge in [0.15, 0.2) is 0 Å². The fourth-order valence-corrected chi connectivity index (χ4v) is 5.79. The second-order valence-corrected chi connectivity index (χ2v) is 8.68. The Bertz CT molecular complexity index is 1390. The van der Waals surface area contributed by atoms with Crippen LogP contribution >= 0.6 is 47.8 Å². The van der Waals surface area contributed by atoms with E-state index in [-0.39, 0.29) is 0 Å². The lowest BCUT2D eigenvalue weighted by atomic mass is 9.88. The highest BCUT2D eigenvalue weighted by molar-refractivity contribution is 9.14. The molecule has 5 rings (SSSR count). The number of primary amides is 1. The summed E-state index contributed by atoms with van der Waals surface area (Å²) in [4.78, 5) is 11.9. The van der Waals surface area contributed by atoms with Crippen molar-refractivity contribution in [2.45, 2.75) is 0 Å². The summed E-state index contributed by atoms with van der Waals surface area (Å²) in [5, 5.41) is 8.82. The molecule has 0 aliphatic carbocycles. The van der Waals surface area contributed by atoms with Crippen LogP contribution in [0.5, 0.6) is 0 Å². The molecular weight excluding hydrogens is 522 g/mol. The number of amides is 1. The normalized spacial score (nSPS) is 12.0. The zero-order valence-corrected chi connectivity index (χ0v) is 18.0. The minimum Gasteiger partial charge on any atom is -0.366 e. The maximum absolute atomic E-state index is 11.9. The first kappa shape index (κ1) is 16.5. The molecule has 0 aromatic heterocycles. The second kappa shape index (κ2) is 5.65. The molecule has 0 saturated heterocycles. The Balaban J connectivity index is 2.24. The van der Waals surface area contributed by atoms with E-state index in [0.29, 0.717) is 5.56 Å². The van der Waals surface area contributed by atoms with Crippen molar-refractivity contribution in [1.29, 1.82) is 0 Å². The molecule has 26 heavy (non-hydrogen) atoms. The van der Waals surface area contributed by atoms with Crippen molar-refractivity contribution in [2.24, 2.45) is 5.73 Å². The molecule has 0 fully saturated rings. The Morgan fingerprint density at radius 1 is 0.615 bits per heavy atom. The van der Waals surface area contributed by atoms with Gasteiger partial charge in [-0.2, -0.15) is 0 Å². The molecule has 0 heterocycles. The van der Waals surface area contributed by atoms with Crippen molar-refractivity contribution in [3.63, 3.8) is 0 Å². The van der Waals surface area contributed by atoms with Crippen LogP contribution in [0.3, 0.4) is 0 Å². The summed E-state index contributed by atoms with van der Waals surface area (Å²) >= 11 is 11.2. The van der Waals surface area contributed by atoms with Gasteiger partial charge < -0.3 is 5.73 Å². The van der Waals surface area contributed by atoms with E-state index in [1.165, 1.54) is 5.39 Å². The van der Waals surface area contributed by atoms with Gasteiger partial charge >= 0.3 is 0 Å². The Labute approximate surface area is 174 Å². The van der Waals surface area contributed by atoms with Gasteiger partial charge in [-0.15, -0.1) is 0 Å². The van der Waals surface area contributed by atoms with Crippen LogP contribution in [0.15, 0.2) is 61.9 Å². The van der Waals surface area contributed by atoms with E-state index in [1.54, 1.807) is 0 Å². The van der Waals surface area contributed by atoms with Gasteiger partial charge in [0.05, 0.1) is 0 Å². The molecule has 1 amide bonds. The molecule has 2 N–H and O–H groups in total. The summed E-state index contributed by atoms with van der Waals surface area (Å²) in [6, 6.07) is 16.2. The molecule has 0 aliphatic heterocycles. The molecule has 0 radical (unpaired) electrons. The van der Waals surface area contributed by atoms with Crippen LogP contribution in [0.1, 0.15) is 10.4 Å². The average Bonchev–Trinajstić information content (AvgIpc) is 2.65. The third kappa shape index (κ3) is 1.99. The minimum atomic E-state index is -0.409. The zero-order chi connectivity index (χ0) is 18.2. The number of halogens is 3. The smallest absolute Gasteiger partial charge is 0.249 e. The van der Waals surface area contributed by atoms with Crippen LogP contribution in [-0.2, 0) is 0 Å². The van der Waals surface area contributed by atoms with Gasteiger partial charge in [-0.1, -0.05) is 42.5 Å². The largest absolute Gasteiger partial charge is 0.366 e. The Morgan fingerprint density at radius 3 is 1.96 bits per heavy atom. The molecule has 126 valence electrons. The number of hydrogen-bond donors (Lipinski definition) is 1. The van der Waals surface area contributed by atoms with Crippen molar-refractivity contribution in [2.75, 3.05) is 0 Å². The van der Waals surface area contributed by atoms with Gasteiger partial charge in [-0.3, -0.25) is 4.79 Å². The zero-order valence-electron chi connectivity index (χ0n) is 13.2. The van der Waals surface area contributed by atoms with Gasteiger partial charge in [-0.05, 0) is 91.6 Å². The number of fused-ring (bicyclic) bond motifs is 2. The van der Waals surface area contributed by atoms with E-state index in [9.17, 15) is 4.79 Å². The van der Waals surface area contributed by atoms with Gasteiger partial charge in [0.2, 0.25) is 5.91 Å². The number of rotatable bonds is 1. The fourth-order valence-electron chi connectivity index (χ4n) is 3.97.